The van der Waals surface area contributed by atoms with E-state index in [4.69, 9.17) is 16.2 Å². The van der Waals surface area contributed by atoms with Gasteiger partial charge in [0.1, 0.15) is 11.8 Å². The quantitative estimate of drug-likeness (QED) is 0.254. The van der Waals surface area contributed by atoms with Crippen molar-refractivity contribution >= 4 is 35.3 Å². The summed E-state index contributed by atoms with van der Waals surface area (Å²) in [6, 6.07) is 20.2. The van der Waals surface area contributed by atoms with Crippen molar-refractivity contribution in [2.24, 2.45) is 16.5 Å². The van der Waals surface area contributed by atoms with Gasteiger partial charge in [0.15, 0.2) is 5.96 Å². The maximum Gasteiger partial charge on any atom is 0.413 e. The van der Waals surface area contributed by atoms with Crippen molar-refractivity contribution in [2.45, 2.75) is 12.5 Å². The van der Waals surface area contributed by atoms with Crippen molar-refractivity contribution < 1.29 is 24.2 Å². The number of carbonyl (C=O) groups is 3. The van der Waals surface area contributed by atoms with Crippen LogP contribution in [0.15, 0.2) is 83.9 Å². The van der Waals surface area contributed by atoms with E-state index in [9.17, 15) is 19.5 Å². The summed E-state index contributed by atoms with van der Waals surface area (Å²) in [5.74, 6) is -1.39. The van der Waals surface area contributed by atoms with Crippen LogP contribution in [0.2, 0.25) is 0 Å². The number of nitrogens with zero attached hydrogens (tertiary/aromatic N) is 1. The molecule has 10 nitrogen and oxygen atoms in total. The highest BCUT2D eigenvalue weighted by atomic mass is 16.6. The average molecular weight is 461 g/mol. The van der Waals surface area contributed by atoms with Crippen LogP contribution in [0.5, 0.6) is 5.75 Å². The number of carboxylic acid groups (broad SMARTS) is 1. The normalized spacial score (nSPS) is 11.1. The number of benzene rings is 3. The first kappa shape index (κ1) is 23.8. The minimum Gasteiger partial charge on any atom is -0.480 e. The third kappa shape index (κ3) is 7.09. The number of carbonyl (C=O) groups excluding carboxylic acids is 2. The molecule has 7 N–H and O–H groups in total. The van der Waals surface area contributed by atoms with Crippen LogP contribution in [0.1, 0.15) is 15.9 Å². The first-order chi connectivity index (χ1) is 16.3. The van der Waals surface area contributed by atoms with Gasteiger partial charge in [0, 0.05) is 17.7 Å². The number of nitrogens with one attached hydrogen (secondary N) is 2. The van der Waals surface area contributed by atoms with Crippen LogP contribution >= 0.6 is 0 Å². The van der Waals surface area contributed by atoms with E-state index in [-0.39, 0.29) is 18.3 Å². The SMILES string of the molecule is NC(N)=Nc1cccc(C(=O)Nc2ccc(C[C@H](NC(=O)Oc3ccccc3)C(=O)O)cc2)c1. The van der Waals surface area contributed by atoms with Gasteiger partial charge in [-0.1, -0.05) is 36.4 Å². The number of anilines is 1. The lowest BCUT2D eigenvalue weighted by molar-refractivity contribution is -0.139. The van der Waals surface area contributed by atoms with Gasteiger partial charge in [-0.25, -0.2) is 14.6 Å². The Kier molecular flexibility index (Phi) is 7.79. The average Bonchev–Trinajstić information content (AvgIpc) is 2.80. The number of ether oxygens (including phenoxy) is 1. The van der Waals surface area contributed by atoms with E-state index < -0.39 is 18.1 Å². The summed E-state index contributed by atoms with van der Waals surface area (Å²) in [7, 11) is 0. The highest BCUT2D eigenvalue weighted by Crippen LogP contribution is 2.17. The van der Waals surface area contributed by atoms with E-state index in [1.807, 2.05) is 0 Å². The van der Waals surface area contributed by atoms with E-state index in [1.54, 1.807) is 78.9 Å². The number of aliphatic carboxylic acids is 1. The molecule has 1 atom stereocenters. The second-order valence-corrected chi connectivity index (χ2v) is 7.18. The zero-order valence-corrected chi connectivity index (χ0v) is 18.0. The minimum atomic E-state index is -1.21. The summed E-state index contributed by atoms with van der Waals surface area (Å²) in [5.41, 5.74) is 12.7. The number of hydrogen-bond acceptors (Lipinski definition) is 5. The van der Waals surface area contributed by atoms with Gasteiger partial charge >= 0.3 is 12.1 Å². The molecule has 0 saturated heterocycles. The van der Waals surface area contributed by atoms with Gasteiger partial charge in [-0.2, -0.15) is 0 Å². The van der Waals surface area contributed by atoms with Crippen LogP contribution < -0.4 is 26.8 Å². The van der Waals surface area contributed by atoms with Gasteiger partial charge in [-0.15, -0.1) is 0 Å². The molecular formula is C24H23N5O5. The lowest BCUT2D eigenvalue weighted by Gasteiger charge is -2.15. The zero-order valence-electron chi connectivity index (χ0n) is 18.0. The number of amides is 2. The number of para-hydroxylation sites is 1. The molecule has 0 aliphatic rings. The van der Waals surface area contributed by atoms with E-state index in [0.717, 1.165) is 0 Å². The highest BCUT2D eigenvalue weighted by Gasteiger charge is 2.21. The Morgan fingerprint density at radius 2 is 1.65 bits per heavy atom. The molecule has 10 heteroatoms. The molecule has 0 aliphatic heterocycles. The van der Waals surface area contributed by atoms with Gasteiger partial charge in [0.05, 0.1) is 5.69 Å². The van der Waals surface area contributed by atoms with Crippen LogP contribution in [0.4, 0.5) is 16.2 Å². The molecule has 3 rings (SSSR count). The van der Waals surface area contributed by atoms with Gasteiger partial charge in [-0.05, 0) is 48.0 Å². The van der Waals surface area contributed by atoms with Crippen LogP contribution in [0.3, 0.4) is 0 Å². The topological polar surface area (TPSA) is 169 Å². The highest BCUT2D eigenvalue weighted by molar-refractivity contribution is 6.04. The molecule has 0 spiro atoms. The van der Waals surface area contributed by atoms with Gasteiger partial charge in [-0.3, -0.25) is 4.79 Å². The molecule has 0 aromatic heterocycles. The maximum atomic E-state index is 12.5. The largest absolute Gasteiger partial charge is 0.480 e. The molecule has 2 amide bonds. The first-order valence-electron chi connectivity index (χ1n) is 10.2. The van der Waals surface area contributed by atoms with Gasteiger partial charge in [0.25, 0.3) is 5.91 Å². The summed E-state index contributed by atoms with van der Waals surface area (Å²) in [5, 5.41) is 14.6. The number of aliphatic imine (C=N–C) groups is 1. The summed E-state index contributed by atoms with van der Waals surface area (Å²) < 4.78 is 5.08. The van der Waals surface area contributed by atoms with Crippen molar-refractivity contribution in [3.8, 4) is 5.75 Å². The molecule has 0 aliphatic carbocycles. The molecule has 3 aromatic carbocycles. The Morgan fingerprint density at radius 1 is 0.941 bits per heavy atom. The van der Waals surface area contributed by atoms with E-state index in [0.29, 0.717) is 28.3 Å². The second kappa shape index (κ2) is 11.1. The second-order valence-electron chi connectivity index (χ2n) is 7.18. The number of hydrogen-bond donors (Lipinski definition) is 5. The lowest BCUT2D eigenvalue weighted by Crippen LogP contribution is -2.43. The molecule has 0 radical (unpaired) electrons. The van der Waals surface area contributed by atoms with Crippen molar-refractivity contribution in [1.82, 2.24) is 5.32 Å². The molecule has 3 aromatic rings. The van der Waals surface area contributed by atoms with Gasteiger partial charge < -0.3 is 31.9 Å². The van der Waals surface area contributed by atoms with Crippen LogP contribution in [0.25, 0.3) is 0 Å². The van der Waals surface area contributed by atoms with E-state index >= 15 is 0 Å². The Hall–Kier alpha value is -4.86. The van der Waals surface area contributed by atoms with Crippen LogP contribution in [-0.2, 0) is 11.2 Å². The monoisotopic (exact) mass is 461 g/mol. The Bertz CT molecular complexity index is 1190. The zero-order chi connectivity index (χ0) is 24.5. The van der Waals surface area contributed by atoms with Gasteiger partial charge in [0.2, 0.25) is 0 Å². The molecule has 0 unspecified atom stereocenters. The molecule has 0 fully saturated rings. The third-order valence-electron chi connectivity index (χ3n) is 4.56. The first-order valence-corrected chi connectivity index (χ1v) is 10.2. The van der Waals surface area contributed by atoms with Crippen molar-refractivity contribution in [1.29, 1.82) is 0 Å². The summed E-state index contributed by atoms with van der Waals surface area (Å²) >= 11 is 0. The summed E-state index contributed by atoms with van der Waals surface area (Å²) in [4.78, 5) is 40.1. The molecular weight excluding hydrogens is 438 g/mol. The fourth-order valence-corrected chi connectivity index (χ4v) is 3.00. The Labute approximate surface area is 195 Å². The van der Waals surface area contributed by atoms with E-state index in [2.05, 4.69) is 15.6 Å². The molecule has 0 heterocycles. The lowest BCUT2D eigenvalue weighted by atomic mass is 10.1. The molecule has 0 bridgehead atoms. The summed E-state index contributed by atoms with van der Waals surface area (Å²) in [6.45, 7) is 0. The fraction of sp³-hybridized carbons (Fsp3) is 0.0833. The number of guanidine groups is 1. The van der Waals surface area contributed by atoms with Crippen molar-refractivity contribution in [3.05, 3.63) is 90.0 Å². The van der Waals surface area contributed by atoms with Crippen molar-refractivity contribution in [3.63, 3.8) is 0 Å². The Morgan fingerprint density at radius 3 is 2.29 bits per heavy atom. The molecule has 0 saturated carbocycles. The van der Waals surface area contributed by atoms with Crippen molar-refractivity contribution in [2.75, 3.05) is 5.32 Å². The predicted octanol–water partition coefficient (Wildman–Crippen LogP) is 2.63. The fourth-order valence-electron chi connectivity index (χ4n) is 3.00. The van der Waals surface area contributed by atoms with Crippen LogP contribution in [0, 0.1) is 0 Å². The smallest absolute Gasteiger partial charge is 0.413 e. The molecule has 174 valence electrons. The summed E-state index contributed by atoms with van der Waals surface area (Å²) in [6.07, 6.45) is -0.848. The molecule has 34 heavy (non-hydrogen) atoms. The van der Waals surface area contributed by atoms with E-state index in [1.165, 1.54) is 0 Å². The predicted molar refractivity (Wildman–Crippen MR) is 127 cm³/mol. The Balaban J connectivity index is 1.60. The third-order valence-corrected chi connectivity index (χ3v) is 4.56. The minimum absolute atomic E-state index is 0.0218. The van der Waals surface area contributed by atoms with Crippen LogP contribution in [-0.4, -0.2) is 35.1 Å². The number of carboxylic acids is 1. The number of nitrogens with two attached hydrogens (primary N) is 2. The maximum absolute atomic E-state index is 12.5. The standard InChI is InChI=1S/C24H23N5O5/c25-23(26)28-18-6-4-5-16(14-18)21(30)27-17-11-9-15(10-12-17)13-20(22(31)32)29-24(33)34-19-7-2-1-3-8-19/h1-12,14,20H,13H2,(H,27,30)(H,29,33)(H,31,32)(H4,25,26,28)/t20-/m0/s1. The number of rotatable bonds is 8.